The summed E-state index contributed by atoms with van der Waals surface area (Å²) in [5, 5.41) is 13.7. The Labute approximate surface area is 443 Å². The van der Waals surface area contributed by atoms with Crippen LogP contribution in [0.3, 0.4) is 0 Å². The second-order valence-electron chi connectivity index (χ2n) is 20.5. The molecule has 18 rings (SSSR count). The summed E-state index contributed by atoms with van der Waals surface area (Å²) in [5.74, 6) is 0. The topological polar surface area (TPSA) is 71.8 Å². The lowest BCUT2D eigenvalue weighted by molar-refractivity contribution is 0.672. The molecule has 0 saturated carbocycles. The van der Waals surface area contributed by atoms with Crippen molar-refractivity contribution < 1.29 is 8.83 Å². The van der Waals surface area contributed by atoms with Crippen molar-refractivity contribution in [3.8, 4) is 34.1 Å². The van der Waals surface area contributed by atoms with Crippen LogP contribution in [0.25, 0.3) is 165 Å². The lowest BCUT2D eigenvalue weighted by Crippen LogP contribution is -1.98. The van der Waals surface area contributed by atoms with Gasteiger partial charge < -0.3 is 27.1 Å². The van der Waals surface area contributed by atoms with Crippen molar-refractivity contribution in [1.82, 2.24) is 28.2 Å². The minimum absolute atomic E-state index is 0.766. The molecule has 0 spiro atoms. The van der Waals surface area contributed by atoms with Crippen LogP contribution >= 0.6 is 0 Å². The van der Waals surface area contributed by atoms with Crippen LogP contribution in [0.4, 0.5) is 0 Å². The van der Waals surface area contributed by atoms with Gasteiger partial charge in [0.05, 0.1) is 66.3 Å². The van der Waals surface area contributed by atoms with Gasteiger partial charge in [-0.2, -0.15) is 0 Å². The Kier molecular flexibility index (Phi) is 8.24. The van der Waals surface area contributed by atoms with E-state index in [1.54, 1.807) is 0 Å². The Balaban J connectivity index is 0.758. The van der Waals surface area contributed by atoms with Gasteiger partial charge in [-0.05, 0) is 121 Å². The van der Waals surface area contributed by atoms with E-state index >= 15 is 0 Å². The Morgan fingerprint density at radius 2 is 0.564 bits per heavy atom. The van der Waals surface area contributed by atoms with Crippen LogP contribution in [-0.2, 0) is 0 Å². The number of para-hydroxylation sites is 6. The summed E-state index contributed by atoms with van der Waals surface area (Å²) in [6.45, 7) is 0. The molecule has 8 nitrogen and oxygen atoms in total. The molecule has 0 saturated heterocycles. The van der Waals surface area contributed by atoms with Gasteiger partial charge in [0.15, 0.2) is 0 Å². The van der Waals surface area contributed by atoms with Crippen LogP contribution in [0, 0.1) is 0 Å². The molecule has 0 aliphatic rings. The third-order valence-corrected chi connectivity index (χ3v) is 16.5. The average Bonchev–Trinajstić information content (AvgIpc) is 4.47. The van der Waals surface area contributed by atoms with Crippen LogP contribution in [0.1, 0.15) is 0 Å². The number of rotatable bonds is 5. The fourth-order valence-electron chi connectivity index (χ4n) is 13.2. The van der Waals surface area contributed by atoms with Crippen LogP contribution in [-0.4, -0.2) is 28.2 Å². The molecule has 8 aromatic heterocycles. The zero-order valence-corrected chi connectivity index (χ0v) is 41.6. The molecule has 0 atom stereocenters. The van der Waals surface area contributed by atoms with E-state index < -0.39 is 0 Å². The predicted molar refractivity (Wildman–Crippen MR) is 319 cm³/mol. The molecule has 0 aliphatic heterocycles. The Morgan fingerprint density at radius 1 is 0.244 bits per heavy atom. The summed E-state index contributed by atoms with van der Waals surface area (Å²) in [6.07, 6.45) is 3.78. The van der Waals surface area contributed by atoms with Crippen LogP contribution < -0.4 is 0 Å². The SMILES string of the molecule is c1ccc2c(c1)c1ccccc1n2-c1ccc2oc3c(ccc4c3c3ccccc3n4-c3ccnc(-c4cc(-n5c6ccccc6c6c7oc8ccc(-n9c%10ccccc%10c%10ccccc%109)cc8c7ccc65)ccn4)c3)c2c1. The first-order valence-electron chi connectivity index (χ1n) is 26.4. The molecular formula is C70H40N6O2. The summed E-state index contributed by atoms with van der Waals surface area (Å²) in [4.78, 5) is 9.95. The van der Waals surface area contributed by atoms with Gasteiger partial charge in [0.1, 0.15) is 22.3 Å². The summed E-state index contributed by atoms with van der Waals surface area (Å²) >= 11 is 0. The third kappa shape index (κ3) is 5.61. The summed E-state index contributed by atoms with van der Waals surface area (Å²) in [5.41, 5.74) is 18.1. The number of fused-ring (bicyclic) bond motifs is 20. The van der Waals surface area contributed by atoms with Crippen molar-refractivity contribution >= 4 is 131 Å². The maximum absolute atomic E-state index is 6.90. The van der Waals surface area contributed by atoms with Crippen molar-refractivity contribution in [2.75, 3.05) is 0 Å². The highest BCUT2D eigenvalue weighted by Gasteiger charge is 2.23. The van der Waals surface area contributed by atoms with Gasteiger partial charge in [0.25, 0.3) is 0 Å². The number of aromatic nitrogens is 6. The van der Waals surface area contributed by atoms with Gasteiger partial charge in [-0.3, -0.25) is 9.97 Å². The maximum atomic E-state index is 6.90. The normalized spacial score (nSPS) is 12.4. The van der Waals surface area contributed by atoms with Crippen LogP contribution in [0.5, 0.6) is 0 Å². The number of hydrogen-bond donors (Lipinski definition) is 0. The molecule has 18 aromatic rings. The largest absolute Gasteiger partial charge is 0.455 e. The zero-order chi connectivity index (χ0) is 50.7. The molecule has 8 heteroatoms. The Hall–Kier alpha value is -10.7. The number of furan rings is 2. The zero-order valence-electron chi connectivity index (χ0n) is 41.6. The van der Waals surface area contributed by atoms with Gasteiger partial charge in [0.2, 0.25) is 0 Å². The van der Waals surface area contributed by atoms with Gasteiger partial charge in [0, 0.05) is 89.0 Å². The minimum Gasteiger partial charge on any atom is -0.455 e. The lowest BCUT2D eigenvalue weighted by atomic mass is 10.1. The molecule has 0 radical (unpaired) electrons. The quantitative estimate of drug-likeness (QED) is 0.172. The molecule has 0 aliphatic carbocycles. The van der Waals surface area contributed by atoms with Crippen LogP contribution in [0.2, 0.25) is 0 Å². The van der Waals surface area contributed by atoms with Crippen molar-refractivity contribution in [3.63, 3.8) is 0 Å². The number of benzene rings is 10. The Bertz CT molecular complexity index is 5150. The van der Waals surface area contributed by atoms with E-state index in [2.05, 4.69) is 249 Å². The van der Waals surface area contributed by atoms with Crippen molar-refractivity contribution in [2.45, 2.75) is 0 Å². The molecule has 0 bridgehead atoms. The molecule has 362 valence electrons. The molecule has 0 amide bonds. The molecule has 0 N–H and O–H groups in total. The second kappa shape index (κ2) is 15.4. The fourth-order valence-corrected chi connectivity index (χ4v) is 13.2. The number of pyridine rings is 2. The van der Waals surface area contributed by atoms with Gasteiger partial charge >= 0.3 is 0 Å². The first kappa shape index (κ1) is 41.6. The summed E-state index contributed by atoms with van der Waals surface area (Å²) < 4.78 is 23.2. The number of nitrogens with zero attached hydrogens (tertiary/aromatic N) is 6. The standard InChI is InChI=1S/C70H40N6O2/c1-7-19-57-45(13-1)46-14-2-8-20-58(46)73(57)41-25-31-65-53(37-41)49-27-29-63-67(69(49)77-65)51-17-5-11-23-61(51)75(63)43-33-35-71-55(39-43)56-40-44(34-36-72-56)76-62-24-12-6-18-52(62)68-64(76)30-28-50-54-38-42(26-32-66(54)78-70(50)68)74-59-21-9-3-15-47(59)48-16-4-10-22-60(48)74/h1-40H. The highest BCUT2D eigenvalue weighted by Crippen LogP contribution is 2.45. The van der Waals surface area contributed by atoms with E-state index in [4.69, 9.17) is 18.8 Å². The van der Waals surface area contributed by atoms with Crippen molar-refractivity contribution in [2.24, 2.45) is 0 Å². The summed E-state index contributed by atoms with van der Waals surface area (Å²) in [6, 6.07) is 82.3. The molecule has 10 aromatic carbocycles. The predicted octanol–water partition coefficient (Wildman–Crippen LogP) is 18.3. The van der Waals surface area contributed by atoms with E-state index in [1.807, 2.05) is 12.4 Å². The highest BCUT2D eigenvalue weighted by molar-refractivity contribution is 6.26. The molecular weight excluding hydrogens is 957 g/mol. The Morgan fingerprint density at radius 3 is 0.949 bits per heavy atom. The van der Waals surface area contributed by atoms with Gasteiger partial charge in [-0.15, -0.1) is 0 Å². The molecule has 78 heavy (non-hydrogen) atoms. The van der Waals surface area contributed by atoms with Crippen molar-refractivity contribution in [1.29, 1.82) is 0 Å². The molecule has 0 unspecified atom stereocenters. The van der Waals surface area contributed by atoms with E-state index in [-0.39, 0.29) is 0 Å². The van der Waals surface area contributed by atoms with E-state index in [0.717, 1.165) is 122 Å². The molecule has 8 heterocycles. The fraction of sp³-hybridized carbons (Fsp3) is 0. The van der Waals surface area contributed by atoms with Crippen LogP contribution in [0.15, 0.2) is 252 Å². The van der Waals surface area contributed by atoms with Crippen molar-refractivity contribution in [3.05, 3.63) is 243 Å². The number of hydrogen-bond acceptors (Lipinski definition) is 4. The first-order chi connectivity index (χ1) is 38.7. The second-order valence-corrected chi connectivity index (χ2v) is 20.5. The maximum Gasteiger partial charge on any atom is 0.145 e. The highest BCUT2D eigenvalue weighted by atomic mass is 16.3. The minimum atomic E-state index is 0.766. The lowest BCUT2D eigenvalue weighted by Gasteiger charge is -2.11. The third-order valence-electron chi connectivity index (χ3n) is 16.5. The van der Waals surface area contributed by atoms with E-state index in [9.17, 15) is 0 Å². The average molecular weight is 997 g/mol. The molecule has 0 fully saturated rings. The monoisotopic (exact) mass is 996 g/mol. The smallest absolute Gasteiger partial charge is 0.145 e. The van der Waals surface area contributed by atoms with Gasteiger partial charge in [-0.1, -0.05) is 109 Å². The summed E-state index contributed by atoms with van der Waals surface area (Å²) in [7, 11) is 0. The van der Waals surface area contributed by atoms with E-state index in [0.29, 0.717) is 0 Å². The van der Waals surface area contributed by atoms with E-state index in [1.165, 1.54) is 43.6 Å². The first-order valence-corrected chi connectivity index (χ1v) is 26.4. The van der Waals surface area contributed by atoms with Gasteiger partial charge in [-0.25, -0.2) is 0 Å².